The molecular weight excluding hydrogens is 250 g/mol. The molecule has 5 heteroatoms. The number of nitrogens with one attached hydrogen (secondary N) is 1. The number of carbonyl (C=O) groups is 2. The van der Waals surface area contributed by atoms with Crippen molar-refractivity contribution >= 4 is 23.2 Å². The SMILES string of the molecule is C=CCCC(NC(=O)Cc1ccc(C)s1)C(=O)O. The average molecular weight is 267 g/mol. The fraction of sp³-hybridized carbons (Fsp3) is 0.385. The Morgan fingerprint density at radius 1 is 1.56 bits per heavy atom. The topological polar surface area (TPSA) is 66.4 Å². The van der Waals surface area contributed by atoms with E-state index in [1.165, 1.54) is 0 Å². The fourth-order valence-corrected chi connectivity index (χ4v) is 2.41. The van der Waals surface area contributed by atoms with Crippen molar-refractivity contribution in [2.24, 2.45) is 0 Å². The van der Waals surface area contributed by atoms with Crippen LogP contribution in [-0.4, -0.2) is 23.0 Å². The number of carbonyl (C=O) groups excluding carboxylic acids is 1. The molecule has 1 aromatic rings. The Labute approximate surface area is 110 Å². The molecule has 0 saturated heterocycles. The minimum atomic E-state index is -1.01. The lowest BCUT2D eigenvalue weighted by Crippen LogP contribution is -2.41. The Bertz CT molecular complexity index is 439. The van der Waals surface area contributed by atoms with E-state index in [0.29, 0.717) is 12.8 Å². The third-order valence-electron chi connectivity index (χ3n) is 2.42. The molecule has 0 aliphatic heterocycles. The van der Waals surface area contributed by atoms with Gasteiger partial charge >= 0.3 is 5.97 Å². The average Bonchev–Trinajstić information content (AvgIpc) is 2.69. The maximum atomic E-state index is 11.7. The summed E-state index contributed by atoms with van der Waals surface area (Å²) in [4.78, 5) is 24.7. The highest BCUT2D eigenvalue weighted by Crippen LogP contribution is 2.15. The number of hydrogen-bond acceptors (Lipinski definition) is 3. The van der Waals surface area contributed by atoms with Crippen molar-refractivity contribution in [3.8, 4) is 0 Å². The molecule has 4 nitrogen and oxygen atoms in total. The summed E-state index contributed by atoms with van der Waals surface area (Å²) in [7, 11) is 0. The zero-order chi connectivity index (χ0) is 13.5. The molecule has 0 aliphatic carbocycles. The van der Waals surface area contributed by atoms with Crippen molar-refractivity contribution in [2.45, 2.75) is 32.2 Å². The summed E-state index contributed by atoms with van der Waals surface area (Å²) in [5.74, 6) is -1.26. The first-order valence-electron chi connectivity index (χ1n) is 5.71. The van der Waals surface area contributed by atoms with Crippen LogP contribution in [0.1, 0.15) is 22.6 Å². The summed E-state index contributed by atoms with van der Waals surface area (Å²) < 4.78 is 0. The van der Waals surface area contributed by atoms with Crippen LogP contribution in [0.5, 0.6) is 0 Å². The predicted molar refractivity (Wildman–Crippen MR) is 71.8 cm³/mol. The second-order valence-corrected chi connectivity index (χ2v) is 5.39. The van der Waals surface area contributed by atoms with Gasteiger partial charge in [-0.3, -0.25) is 4.79 Å². The molecule has 1 heterocycles. The smallest absolute Gasteiger partial charge is 0.326 e. The monoisotopic (exact) mass is 267 g/mol. The third kappa shape index (κ3) is 4.71. The highest BCUT2D eigenvalue weighted by molar-refractivity contribution is 7.12. The quantitative estimate of drug-likeness (QED) is 0.744. The first kappa shape index (κ1) is 14.4. The van der Waals surface area contributed by atoms with Crippen LogP contribution in [0, 0.1) is 6.92 Å². The van der Waals surface area contributed by atoms with Crippen molar-refractivity contribution in [2.75, 3.05) is 0 Å². The van der Waals surface area contributed by atoms with Crippen LogP contribution in [0.2, 0.25) is 0 Å². The summed E-state index contributed by atoms with van der Waals surface area (Å²) in [5, 5.41) is 11.5. The molecule has 1 atom stereocenters. The Balaban J connectivity index is 2.50. The number of rotatable bonds is 7. The van der Waals surface area contributed by atoms with Gasteiger partial charge in [0.05, 0.1) is 6.42 Å². The van der Waals surface area contributed by atoms with Crippen LogP contribution < -0.4 is 5.32 Å². The van der Waals surface area contributed by atoms with Crippen LogP contribution in [0.4, 0.5) is 0 Å². The summed E-state index contributed by atoms with van der Waals surface area (Å²) in [6, 6.07) is 3.00. The van der Waals surface area contributed by atoms with Gasteiger partial charge in [0.15, 0.2) is 0 Å². The van der Waals surface area contributed by atoms with E-state index in [0.717, 1.165) is 9.75 Å². The van der Waals surface area contributed by atoms with Gasteiger partial charge in [-0.2, -0.15) is 0 Å². The van der Waals surface area contributed by atoms with Gasteiger partial charge in [-0.05, 0) is 31.9 Å². The maximum Gasteiger partial charge on any atom is 0.326 e. The van der Waals surface area contributed by atoms with Gasteiger partial charge in [-0.15, -0.1) is 17.9 Å². The van der Waals surface area contributed by atoms with Crippen molar-refractivity contribution < 1.29 is 14.7 Å². The van der Waals surface area contributed by atoms with Crippen molar-refractivity contribution in [1.82, 2.24) is 5.32 Å². The second kappa shape index (κ2) is 6.96. The molecule has 1 unspecified atom stereocenters. The van der Waals surface area contributed by atoms with Crippen LogP contribution in [0.15, 0.2) is 24.8 Å². The molecule has 0 fully saturated rings. The summed E-state index contributed by atoms with van der Waals surface area (Å²) in [6.07, 6.45) is 2.81. The van der Waals surface area contributed by atoms with Crippen LogP contribution in [0.3, 0.4) is 0 Å². The number of amides is 1. The standard InChI is InChI=1S/C13H17NO3S/c1-3-4-5-11(13(16)17)14-12(15)8-10-7-6-9(2)18-10/h3,6-7,11H,1,4-5,8H2,2H3,(H,14,15)(H,16,17). The molecule has 0 aliphatic rings. The molecule has 1 aromatic heterocycles. The molecule has 0 radical (unpaired) electrons. The lowest BCUT2D eigenvalue weighted by Gasteiger charge is -2.13. The Hall–Kier alpha value is -1.62. The zero-order valence-corrected chi connectivity index (χ0v) is 11.1. The van der Waals surface area contributed by atoms with Gasteiger partial charge in [0.2, 0.25) is 5.91 Å². The van der Waals surface area contributed by atoms with E-state index in [4.69, 9.17) is 5.11 Å². The first-order chi connectivity index (χ1) is 8.52. The minimum absolute atomic E-state index is 0.233. The van der Waals surface area contributed by atoms with Crippen LogP contribution in [0.25, 0.3) is 0 Å². The maximum absolute atomic E-state index is 11.7. The van der Waals surface area contributed by atoms with E-state index in [2.05, 4.69) is 11.9 Å². The number of aliphatic carboxylic acids is 1. The highest BCUT2D eigenvalue weighted by atomic mass is 32.1. The Kier molecular flexibility index (Phi) is 5.58. The van der Waals surface area contributed by atoms with Crippen LogP contribution in [-0.2, 0) is 16.0 Å². The highest BCUT2D eigenvalue weighted by Gasteiger charge is 2.19. The van der Waals surface area contributed by atoms with E-state index in [-0.39, 0.29) is 12.3 Å². The molecule has 1 rings (SSSR count). The molecule has 0 bridgehead atoms. The number of hydrogen-bond donors (Lipinski definition) is 2. The molecule has 98 valence electrons. The van der Waals surface area contributed by atoms with Gasteiger partial charge in [0.1, 0.15) is 6.04 Å². The van der Waals surface area contributed by atoms with Gasteiger partial charge in [0.25, 0.3) is 0 Å². The first-order valence-corrected chi connectivity index (χ1v) is 6.53. The number of carboxylic acid groups (broad SMARTS) is 1. The van der Waals surface area contributed by atoms with E-state index in [9.17, 15) is 9.59 Å². The molecule has 1 amide bonds. The van der Waals surface area contributed by atoms with E-state index in [1.807, 2.05) is 19.1 Å². The number of allylic oxidation sites excluding steroid dienone is 1. The van der Waals surface area contributed by atoms with Gasteiger partial charge < -0.3 is 10.4 Å². The Morgan fingerprint density at radius 3 is 2.78 bits per heavy atom. The normalized spacial score (nSPS) is 11.8. The minimum Gasteiger partial charge on any atom is -0.480 e. The predicted octanol–water partition coefficient (Wildman–Crippen LogP) is 2.13. The van der Waals surface area contributed by atoms with E-state index < -0.39 is 12.0 Å². The van der Waals surface area contributed by atoms with Crippen LogP contribution >= 0.6 is 11.3 Å². The lowest BCUT2D eigenvalue weighted by atomic mass is 10.1. The summed E-state index contributed by atoms with van der Waals surface area (Å²) >= 11 is 1.54. The Morgan fingerprint density at radius 2 is 2.28 bits per heavy atom. The summed E-state index contributed by atoms with van der Waals surface area (Å²) in [6.45, 7) is 5.51. The third-order valence-corrected chi connectivity index (χ3v) is 3.42. The van der Waals surface area contributed by atoms with Gasteiger partial charge in [0, 0.05) is 9.75 Å². The molecule has 18 heavy (non-hydrogen) atoms. The second-order valence-electron chi connectivity index (χ2n) is 4.01. The molecule has 2 N–H and O–H groups in total. The molecular formula is C13H17NO3S. The molecule has 0 spiro atoms. The van der Waals surface area contributed by atoms with E-state index in [1.54, 1.807) is 17.4 Å². The van der Waals surface area contributed by atoms with Crippen molar-refractivity contribution in [3.05, 3.63) is 34.5 Å². The lowest BCUT2D eigenvalue weighted by molar-refractivity contribution is -0.141. The zero-order valence-electron chi connectivity index (χ0n) is 10.3. The van der Waals surface area contributed by atoms with Crippen molar-refractivity contribution in [3.63, 3.8) is 0 Å². The fourth-order valence-electron chi connectivity index (χ4n) is 1.53. The molecule has 0 aromatic carbocycles. The largest absolute Gasteiger partial charge is 0.480 e. The number of carboxylic acids is 1. The summed E-state index contributed by atoms with van der Waals surface area (Å²) in [5.41, 5.74) is 0. The van der Waals surface area contributed by atoms with Crippen molar-refractivity contribution in [1.29, 1.82) is 0 Å². The van der Waals surface area contributed by atoms with Gasteiger partial charge in [-0.1, -0.05) is 6.08 Å². The van der Waals surface area contributed by atoms with E-state index >= 15 is 0 Å². The number of aryl methyl sites for hydroxylation is 1. The number of thiophene rings is 1. The van der Waals surface area contributed by atoms with Gasteiger partial charge in [-0.25, -0.2) is 4.79 Å². The molecule has 0 saturated carbocycles.